The largest absolute Gasteiger partial charge is 0.366 e. The monoisotopic (exact) mass is 269 g/mol. The van der Waals surface area contributed by atoms with Crippen molar-refractivity contribution in [3.8, 4) is 0 Å². The molecule has 1 aromatic carbocycles. The maximum atomic E-state index is 11.1. The Morgan fingerprint density at radius 1 is 1.56 bits per heavy atom. The Morgan fingerprint density at radius 2 is 2.33 bits per heavy atom. The molecule has 3 N–H and O–H groups in total. The van der Waals surface area contributed by atoms with Crippen LogP contribution in [-0.4, -0.2) is 36.5 Å². The summed E-state index contributed by atoms with van der Waals surface area (Å²) < 4.78 is 0. The molecular weight excluding hydrogens is 250 g/mol. The molecule has 18 heavy (non-hydrogen) atoms. The summed E-state index contributed by atoms with van der Waals surface area (Å²) in [5, 5.41) is 3.41. The first-order valence-electron chi connectivity index (χ1n) is 5.99. The normalized spacial score (nSPS) is 20.2. The smallest absolute Gasteiger partial charge is 0.248 e. The molecule has 2 rings (SSSR count). The van der Waals surface area contributed by atoms with Crippen molar-refractivity contribution in [2.24, 2.45) is 5.73 Å². The van der Waals surface area contributed by atoms with E-state index >= 15 is 0 Å². The van der Waals surface area contributed by atoms with E-state index in [9.17, 15) is 4.79 Å². The van der Waals surface area contributed by atoms with E-state index in [1.165, 1.54) is 0 Å². The molecule has 0 aliphatic carbocycles. The number of primary amides is 1. The van der Waals surface area contributed by atoms with E-state index < -0.39 is 0 Å². The van der Waals surface area contributed by atoms with Crippen molar-refractivity contribution in [2.75, 3.05) is 19.6 Å². The van der Waals surface area contributed by atoms with Crippen molar-refractivity contribution < 1.29 is 4.79 Å². The third-order valence-corrected chi connectivity index (χ3v) is 3.07. The number of hydrogen-bond acceptors (Lipinski definition) is 3. The van der Waals surface area contributed by atoms with Crippen molar-refractivity contribution in [1.29, 1.82) is 0 Å². The molecule has 1 aliphatic heterocycles. The first kappa shape index (κ1) is 15.0. The molecule has 0 bridgehead atoms. The lowest BCUT2D eigenvalue weighted by Gasteiger charge is -2.31. The predicted molar refractivity (Wildman–Crippen MR) is 74.9 cm³/mol. The number of rotatable bonds is 3. The van der Waals surface area contributed by atoms with Gasteiger partial charge in [0.2, 0.25) is 5.91 Å². The van der Waals surface area contributed by atoms with Crippen LogP contribution in [0.15, 0.2) is 24.3 Å². The van der Waals surface area contributed by atoms with Crippen LogP contribution >= 0.6 is 12.4 Å². The summed E-state index contributed by atoms with van der Waals surface area (Å²) in [6.45, 7) is 6.18. The number of hydrogen-bond donors (Lipinski definition) is 2. The number of benzene rings is 1. The Bertz CT molecular complexity index is 411. The van der Waals surface area contributed by atoms with Crippen molar-refractivity contribution in [1.82, 2.24) is 10.2 Å². The van der Waals surface area contributed by atoms with E-state index in [1.54, 1.807) is 6.07 Å². The standard InChI is InChI=1S/C13H19N3O.ClH/c1-10-8-16(6-5-15-10)9-11-3-2-4-12(7-11)13(14)17;/h2-4,7,10,15H,5-6,8-9H2,1H3,(H2,14,17);1H. The lowest BCUT2D eigenvalue weighted by atomic mass is 10.1. The van der Waals surface area contributed by atoms with Crippen LogP contribution in [0.2, 0.25) is 0 Å². The zero-order valence-corrected chi connectivity index (χ0v) is 11.4. The summed E-state index contributed by atoms with van der Waals surface area (Å²) in [6.07, 6.45) is 0. The molecule has 1 amide bonds. The molecule has 0 aromatic heterocycles. The van der Waals surface area contributed by atoms with E-state index in [0.29, 0.717) is 11.6 Å². The highest BCUT2D eigenvalue weighted by Gasteiger charge is 2.15. The zero-order chi connectivity index (χ0) is 12.3. The minimum atomic E-state index is -0.361. The number of amides is 1. The van der Waals surface area contributed by atoms with Crippen LogP contribution in [0.4, 0.5) is 0 Å². The molecule has 0 saturated carbocycles. The van der Waals surface area contributed by atoms with Gasteiger partial charge in [0.1, 0.15) is 0 Å². The van der Waals surface area contributed by atoms with Gasteiger partial charge in [0.05, 0.1) is 0 Å². The van der Waals surface area contributed by atoms with Crippen LogP contribution in [0.3, 0.4) is 0 Å². The van der Waals surface area contributed by atoms with Gasteiger partial charge in [-0.2, -0.15) is 0 Å². The summed E-state index contributed by atoms with van der Waals surface area (Å²) in [5.41, 5.74) is 7.01. The molecule has 1 aromatic rings. The quantitative estimate of drug-likeness (QED) is 0.861. The Balaban J connectivity index is 0.00000162. The molecule has 1 aliphatic rings. The molecule has 4 nitrogen and oxygen atoms in total. The van der Waals surface area contributed by atoms with E-state index in [4.69, 9.17) is 5.73 Å². The Morgan fingerprint density at radius 3 is 3.00 bits per heavy atom. The molecule has 100 valence electrons. The Kier molecular flexibility index (Phi) is 5.59. The fourth-order valence-electron chi connectivity index (χ4n) is 2.24. The first-order valence-corrected chi connectivity index (χ1v) is 5.99. The molecule has 1 heterocycles. The summed E-state index contributed by atoms with van der Waals surface area (Å²) >= 11 is 0. The average molecular weight is 270 g/mol. The summed E-state index contributed by atoms with van der Waals surface area (Å²) in [6, 6.07) is 8.10. The molecule has 0 spiro atoms. The highest BCUT2D eigenvalue weighted by atomic mass is 35.5. The van der Waals surface area contributed by atoms with Crippen LogP contribution in [0.5, 0.6) is 0 Å². The number of piperazine rings is 1. The molecule has 1 unspecified atom stereocenters. The van der Waals surface area contributed by atoms with E-state index in [1.807, 2.05) is 18.2 Å². The first-order chi connectivity index (χ1) is 8.15. The van der Waals surface area contributed by atoms with Gasteiger partial charge in [-0.25, -0.2) is 0 Å². The van der Waals surface area contributed by atoms with Gasteiger partial charge in [-0.15, -0.1) is 12.4 Å². The molecule has 1 saturated heterocycles. The van der Waals surface area contributed by atoms with Gasteiger partial charge in [-0.1, -0.05) is 12.1 Å². The highest BCUT2D eigenvalue weighted by Crippen LogP contribution is 2.10. The van der Waals surface area contributed by atoms with Gasteiger partial charge >= 0.3 is 0 Å². The fraction of sp³-hybridized carbons (Fsp3) is 0.462. The Hall–Kier alpha value is -1.10. The van der Waals surface area contributed by atoms with Crippen molar-refractivity contribution in [3.63, 3.8) is 0 Å². The summed E-state index contributed by atoms with van der Waals surface area (Å²) in [4.78, 5) is 13.5. The van der Waals surface area contributed by atoms with Crippen molar-refractivity contribution in [3.05, 3.63) is 35.4 Å². The molecule has 1 atom stereocenters. The van der Waals surface area contributed by atoms with Crippen LogP contribution < -0.4 is 11.1 Å². The average Bonchev–Trinajstić information content (AvgIpc) is 2.29. The van der Waals surface area contributed by atoms with Gasteiger partial charge in [0.25, 0.3) is 0 Å². The van der Waals surface area contributed by atoms with Crippen LogP contribution in [0.1, 0.15) is 22.8 Å². The second-order valence-electron chi connectivity index (χ2n) is 4.65. The summed E-state index contributed by atoms with van der Waals surface area (Å²) in [7, 11) is 0. The summed E-state index contributed by atoms with van der Waals surface area (Å²) in [5.74, 6) is -0.361. The lowest BCUT2D eigenvalue weighted by Crippen LogP contribution is -2.48. The van der Waals surface area contributed by atoms with Crippen molar-refractivity contribution >= 4 is 18.3 Å². The van der Waals surface area contributed by atoms with E-state index in [2.05, 4.69) is 17.1 Å². The fourth-order valence-corrected chi connectivity index (χ4v) is 2.24. The topological polar surface area (TPSA) is 58.4 Å². The van der Waals surface area contributed by atoms with Gasteiger partial charge < -0.3 is 11.1 Å². The molecule has 5 heteroatoms. The SMILES string of the molecule is CC1CN(Cc2cccc(C(N)=O)c2)CCN1.Cl. The number of carbonyl (C=O) groups excluding carboxylic acids is 1. The molecular formula is C13H20ClN3O. The van der Waals surface area contributed by atoms with Gasteiger partial charge in [-0.05, 0) is 24.6 Å². The molecule has 1 fully saturated rings. The minimum Gasteiger partial charge on any atom is -0.366 e. The number of nitrogens with two attached hydrogens (primary N) is 1. The third kappa shape index (κ3) is 3.98. The second-order valence-corrected chi connectivity index (χ2v) is 4.65. The predicted octanol–water partition coefficient (Wildman–Crippen LogP) is 1.00. The lowest BCUT2D eigenvalue weighted by molar-refractivity contribution is 0.1000. The van der Waals surface area contributed by atoms with Crippen molar-refractivity contribution in [2.45, 2.75) is 19.5 Å². The number of carbonyl (C=O) groups is 1. The zero-order valence-electron chi connectivity index (χ0n) is 10.6. The van der Waals surface area contributed by atoms with Crippen LogP contribution in [-0.2, 0) is 6.54 Å². The maximum absolute atomic E-state index is 11.1. The number of nitrogens with zero attached hydrogens (tertiary/aromatic N) is 1. The Labute approximate surface area is 114 Å². The van der Waals surface area contributed by atoms with Crippen LogP contribution in [0.25, 0.3) is 0 Å². The minimum absolute atomic E-state index is 0. The number of nitrogens with one attached hydrogen (secondary N) is 1. The van der Waals surface area contributed by atoms with Gasteiger partial charge in [-0.3, -0.25) is 9.69 Å². The second kappa shape index (κ2) is 6.73. The van der Waals surface area contributed by atoms with E-state index in [-0.39, 0.29) is 18.3 Å². The third-order valence-electron chi connectivity index (χ3n) is 3.07. The van der Waals surface area contributed by atoms with E-state index in [0.717, 1.165) is 31.7 Å². The molecule has 0 radical (unpaired) electrons. The number of halogens is 1. The highest BCUT2D eigenvalue weighted by molar-refractivity contribution is 5.92. The van der Waals surface area contributed by atoms with Gasteiger partial charge in [0, 0.05) is 37.8 Å². The van der Waals surface area contributed by atoms with Crippen LogP contribution in [0, 0.1) is 0 Å². The van der Waals surface area contributed by atoms with Gasteiger partial charge in [0.15, 0.2) is 0 Å². The maximum Gasteiger partial charge on any atom is 0.248 e.